The van der Waals surface area contributed by atoms with Crippen molar-refractivity contribution in [1.29, 1.82) is 0 Å². The second kappa shape index (κ2) is 12.1. The molecule has 1 fully saturated rings. The first kappa shape index (κ1) is 20.7. The number of carbonyl (C=O) groups excluding carboxylic acids is 1. The van der Waals surface area contributed by atoms with E-state index in [-0.39, 0.29) is 12.5 Å². The van der Waals surface area contributed by atoms with Crippen LogP contribution < -0.4 is 5.32 Å². The van der Waals surface area contributed by atoms with Crippen molar-refractivity contribution in [2.24, 2.45) is 10.9 Å². The third-order valence-electron chi connectivity index (χ3n) is 3.96. The molecule has 0 aliphatic carbocycles. The van der Waals surface area contributed by atoms with Crippen LogP contribution in [0.4, 0.5) is 0 Å². The van der Waals surface area contributed by atoms with Crippen molar-refractivity contribution < 1.29 is 14.3 Å². The Morgan fingerprint density at radius 3 is 2.71 bits per heavy atom. The molecule has 1 aliphatic heterocycles. The van der Waals surface area contributed by atoms with Crippen LogP contribution in [0.2, 0.25) is 0 Å². The zero-order valence-electron chi connectivity index (χ0n) is 15.7. The Morgan fingerprint density at radius 2 is 2.04 bits per heavy atom. The molecule has 0 aromatic heterocycles. The van der Waals surface area contributed by atoms with Crippen LogP contribution >= 0.6 is 0 Å². The van der Waals surface area contributed by atoms with Gasteiger partial charge in [0.15, 0.2) is 5.96 Å². The van der Waals surface area contributed by atoms with Crippen LogP contribution in [-0.4, -0.2) is 88.4 Å². The molecule has 1 N–H and O–H groups in total. The maximum absolute atomic E-state index is 11.8. The Hall–Kier alpha value is -1.34. The fourth-order valence-electron chi connectivity index (χ4n) is 2.52. The number of likely N-dealkylation sites (N-methyl/N-ethyl adjacent to an activating group) is 1. The molecule has 140 valence electrons. The second-order valence-electron chi connectivity index (χ2n) is 6.17. The van der Waals surface area contributed by atoms with E-state index in [0.29, 0.717) is 5.92 Å². The summed E-state index contributed by atoms with van der Waals surface area (Å²) in [5, 5.41) is 3.38. The van der Waals surface area contributed by atoms with Gasteiger partial charge in [0.1, 0.15) is 6.54 Å². The molecular formula is C17H34N4O3. The average Bonchev–Trinajstić information content (AvgIpc) is 3.03. The topological polar surface area (TPSA) is 66.4 Å². The number of aliphatic imine (C=N–C) groups is 1. The number of nitrogens with zero attached hydrogens (tertiary/aromatic N) is 3. The molecule has 1 rings (SSSR count). The molecular weight excluding hydrogens is 308 g/mol. The Kier molecular flexibility index (Phi) is 10.4. The van der Waals surface area contributed by atoms with Crippen molar-refractivity contribution in [1.82, 2.24) is 15.1 Å². The first-order valence-corrected chi connectivity index (χ1v) is 8.97. The molecule has 1 atom stereocenters. The molecule has 0 radical (unpaired) electrons. The molecule has 0 bridgehead atoms. The lowest BCUT2D eigenvalue weighted by molar-refractivity contribution is -0.127. The zero-order valence-corrected chi connectivity index (χ0v) is 15.7. The monoisotopic (exact) mass is 342 g/mol. The average molecular weight is 342 g/mol. The van der Waals surface area contributed by atoms with Crippen LogP contribution in [0, 0.1) is 5.92 Å². The molecule has 1 heterocycles. The molecule has 7 heteroatoms. The van der Waals surface area contributed by atoms with Gasteiger partial charge in [-0.3, -0.25) is 4.79 Å². The van der Waals surface area contributed by atoms with E-state index in [0.717, 1.165) is 64.9 Å². The van der Waals surface area contributed by atoms with Crippen molar-refractivity contribution in [3.8, 4) is 0 Å². The minimum Gasteiger partial charge on any atom is -0.382 e. The van der Waals surface area contributed by atoms with Crippen molar-refractivity contribution in [2.45, 2.75) is 26.7 Å². The van der Waals surface area contributed by atoms with Gasteiger partial charge in [-0.15, -0.1) is 0 Å². The van der Waals surface area contributed by atoms with E-state index in [1.807, 2.05) is 13.8 Å². The maximum Gasteiger partial charge on any atom is 0.243 e. The van der Waals surface area contributed by atoms with Gasteiger partial charge >= 0.3 is 0 Å². The Balaban J connectivity index is 2.53. The molecule has 0 aromatic rings. The minimum atomic E-state index is 0.00804. The highest BCUT2D eigenvalue weighted by Gasteiger charge is 2.25. The minimum absolute atomic E-state index is 0.00804. The number of carbonyl (C=O) groups is 1. The summed E-state index contributed by atoms with van der Waals surface area (Å²) in [4.78, 5) is 20.1. The summed E-state index contributed by atoms with van der Waals surface area (Å²) in [5.41, 5.74) is 0. The van der Waals surface area contributed by atoms with Gasteiger partial charge in [-0.25, -0.2) is 4.99 Å². The van der Waals surface area contributed by atoms with Crippen molar-refractivity contribution in [3.05, 3.63) is 0 Å². The number of rotatable bonds is 10. The molecule has 7 nitrogen and oxygen atoms in total. The first-order valence-electron chi connectivity index (χ1n) is 8.97. The number of hydrogen-bond donors (Lipinski definition) is 1. The second-order valence-corrected chi connectivity index (χ2v) is 6.17. The van der Waals surface area contributed by atoms with Crippen molar-refractivity contribution in [2.75, 3.05) is 66.7 Å². The standard InChI is InChI=1S/C17H34N4O3/c1-5-23-11-7-9-18-17(19-12-16(22)20(3)4)21-10-8-15(13-21)14-24-6-2/h15H,5-14H2,1-4H3,(H,18,19). The summed E-state index contributed by atoms with van der Waals surface area (Å²) in [5.74, 6) is 1.36. The fourth-order valence-corrected chi connectivity index (χ4v) is 2.52. The molecule has 1 saturated heterocycles. The Bertz CT molecular complexity index is 388. The van der Waals surface area contributed by atoms with Crippen molar-refractivity contribution in [3.63, 3.8) is 0 Å². The summed E-state index contributed by atoms with van der Waals surface area (Å²) in [6, 6.07) is 0. The van der Waals surface area contributed by atoms with Crippen LogP contribution in [0.25, 0.3) is 0 Å². The smallest absolute Gasteiger partial charge is 0.243 e. The third-order valence-corrected chi connectivity index (χ3v) is 3.96. The number of ether oxygens (including phenoxy) is 2. The zero-order chi connectivity index (χ0) is 17.8. The van der Waals surface area contributed by atoms with E-state index in [4.69, 9.17) is 9.47 Å². The third kappa shape index (κ3) is 7.97. The number of amides is 1. The van der Waals surface area contributed by atoms with Crippen molar-refractivity contribution >= 4 is 11.9 Å². The van der Waals surface area contributed by atoms with E-state index in [9.17, 15) is 4.79 Å². The lowest BCUT2D eigenvalue weighted by atomic mass is 10.1. The molecule has 0 aromatic carbocycles. The van der Waals surface area contributed by atoms with E-state index in [1.165, 1.54) is 0 Å². The number of likely N-dealkylation sites (tertiary alicyclic amines) is 1. The normalized spacial score (nSPS) is 18.1. The highest BCUT2D eigenvalue weighted by molar-refractivity contribution is 5.85. The summed E-state index contributed by atoms with van der Waals surface area (Å²) in [6.45, 7) is 9.88. The first-order chi connectivity index (χ1) is 11.6. The maximum atomic E-state index is 11.8. The van der Waals surface area contributed by atoms with Gasteiger partial charge < -0.3 is 24.6 Å². The fraction of sp³-hybridized carbons (Fsp3) is 0.882. The lowest BCUT2D eigenvalue weighted by Gasteiger charge is -2.22. The Labute approximate surface area is 146 Å². The Morgan fingerprint density at radius 1 is 1.29 bits per heavy atom. The summed E-state index contributed by atoms with van der Waals surface area (Å²) in [7, 11) is 3.50. The van der Waals surface area contributed by atoms with E-state index >= 15 is 0 Å². The van der Waals surface area contributed by atoms with Gasteiger partial charge in [-0.1, -0.05) is 0 Å². The van der Waals surface area contributed by atoms with Gasteiger partial charge in [0.2, 0.25) is 5.91 Å². The molecule has 1 unspecified atom stereocenters. The van der Waals surface area contributed by atoms with E-state index < -0.39 is 0 Å². The summed E-state index contributed by atoms with van der Waals surface area (Å²) < 4.78 is 10.9. The number of guanidine groups is 1. The molecule has 24 heavy (non-hydrogen) atoms. The van der Waals surface area contributed by atoms with Gasteiger partial charge in [-0.2, -0.15) is 0 Å². The lowest BCUT2D eigenvalue weighted by Crippen LogP contribution is -2.41. The van der Waals surface area contributed by atoms with Crippen LogP contribution in [0.3, 0.4) is 0 Å². The van der Waals surface area contributed by atoms with Crippen LogP contribution in [0.5, 0.6) is 0 Å². The molecule has 0 spiro atoms. The van der Waals surface area contributed by atoms with Crippen LogP contribution in [0.15, 0.2) is 4.99 Å². The highest BCUT2D eigenvalue weighted by Crippen LogP contribution is 2.16. The quantitative estimate of drug-likeness (QED) is 0.361. The molecule has 0 saturated carbocycles. The predicted octanol–water partition coefficient (Wildman–Crippen LogP) is 0.805. The largest absolute Gasteiger partial charge is 0.382 e. The molecule has 1 aliphatic rings. The van der Waals surface area contributed by atoms with E-state index in [1.54, 1.807) is 19.0 Å². The number of nitrogens with one attached hydrogen (secondary N) is 1. The summed E-state index contributed by atoms with van der Waals surface area (Å²) >= 11 is 0. The van der Waals surface area contributed by atoms with Gasteiger partial charge in [-0.05, 0) is 26.7 Å². The number of hydrogen-bond acceptors (Lipinski definition) is 4. The highest BCUT2D eigenvalue weighted by atomic mass is 16.5. The van der Waals surface area contributed by atoms with Crippen LogP contribution in [0.1, 0.15) is 26.7 Å². The van der Waals surface area contributed by atoms with Gasteiger partial charge in [0, 0.05) is 59.5 Å². The van der Waals surface area contributed by atoms with E-state index in [2.05, 4.69) is 15.2 Å². The van der Waals surface area contributed by atoms with Gasteiger partial charge in [0.25, 0.3) is 0 Å². The SMILES string of the molecule is CCOCCCNC(=NCC(=O)N(C)C)N1CCC(COCC)C1. The van der Waals surface area contributed by atoms with Crippen LogP contribution in [-0.2, 0) is 14.3 Å². The summed E-state index contributed by atoms with van der Waals surface area (Å²) in [6.07, 6.45) is 2.02. The van der Waals surface area contributed by atoms with Gasteiger partial charge in [0.05, 0.1) is 6.61 Å². The molecule has 1 amide bonds. The predicted molar refractivity (Wildman–Crippen MR) is 96.3 cm³/mol.